The van der Waals surface area contributed by atoms with E-state index >= 15 is 0 Å². The molecule has 196 valence electrons. The summed E-state index contributed by atoms with van der Waals surface area (Å²) in [6.45, 7) is 1.66. The summed E-state index contributed by atoms with van der Waals surface area (Å²) in [5.74, 6) is -4.20. The van der Waals surface area contributed by atoms with Gasteiger partial charge in [-0.2, -0.15) is 0 Å². The molecule has 0 aromatic heterocycles. The van der Waals surface area contributed by atoms with Crippen molar-refractivity contribution in [2.24, 2.45) is 0 Å². The second kappa shape index (κ2) is 12.0. The van der Waals surface area contributed by atoms with E-state index < -0.39 is 36.0 Å². The Balaban J connectivity index is 1.34. The number of carbonyl (C=O) groups is 4. The Morgan fingerprint density at radius 1 is 0.842 bits per heavy atom. The average molecular weight is 518 g/mol. The number of carbonyl (C=O) groups excluding carboxylic acids is 3. The van der Waals surface area contributed by atoms with Gasteiger partial charge >= 0.3 is 18.0 Å². The molecular weight excluding hydrogens is 490 g/mol. The fourth-order valence-corrected chi connectivity index (χ4v) is 4.32. The zero-order valence-electron chi connectivity index (χ0n) is 20.5. The van der Waals surface area contributed by atoms with Gasteiger partial charge in [0.2, 0.25) is 0 Å². The van der Waals surface area contributed by atoms with Crippen molar-refractivity contribution in [1.29, 1.82) is 0 Å². The summed E-state index contributed by atoms with van der Waals surface area (Å²) in [5, 5.41) is 11.1. The highest BCUT2D eigenvalue weighted by Gasteiger charge is 2.31. The van der Waals surface area contributed by atoms with E-state index in [1.54, 1.807) is 0 Å². The van der Waals surface area contributed by atoms with E-state index in [2.05, 4.69) is 16.2 Å². The van der Waals surface area contributed by atoms with Gasteiger partial charge in [-0.15, -0.1) is 0 Å². The Morgan fingerprint density at radius 2 is 1.42 bits per heavy atom. The van der Waals surface area contributed by atoms with Crippen molar-refractivity contribution in [2.75, 3.05) is 6.61 Å². The predicted molar refractivity (Wildman–Crippen MR) is 137 cm³/mol. The minimum absolute atomic E-state index is 0.0332. The van der Waals surface area contributed by atoms with Crippen LogP contribution in [-0.4, -0.2) is 47.7 Å². The molecule has 4 N–H and O–H groups in total. The molecule has 0 heterocycles. The first-order valence-corrected chi connectivity index (χ1v) is 11.9. The summed E-state index contributed by atoms with van der Waals surface area (Å²) in [5.41, 5.74) is 9.36. The van der Waals surface area contributed by atoms with Crippen LogP contribution in [-0.2, 0) is 30.5 Å². The van der Waals surface area contributed by atoms with Crippen LogP contribution in [0.2, 0.25) is 0 Å². The lowest BCUT2D eigenvalue weighted by Crippen LogP contribution is -2.57. The van der Waals surface area contributed by atoms with Crippen LogP contribution in [0.4, 0.5) is 4.79 Å². The maximum absolute atomic E-state index is 12.8. The quantitative estimate of drug-likeness (QED) is 0.266. The summed E-state index contributed by atoms with van der Waals surface area (Å²) in [7, 11) is 0. The molecule has 0 saturated carbocycles. The Kier molecular flexibility index (Phi) is 8.34. The molecule has 38 heavy (non-hydrogen) atoms. The maximum atomic E-state index is 12.8. The molecule has 0 bridgehead atoms. The summed E-state index contributed by atoms with van der Waals surface area (Å²) in [4.78, 5) is 48.0. The summed E-state index contributed by atoms with van der Waals surface area (Å²) < 4.78 is 11.0. The van der Waals surface area contributed by atoms with Crippen LogP contribution >= 0.6 is 0 Å². The van der Waals surface area contributed by atoms with Crippen molar-refractivity contribution in [3.8, 4) is 11.1 Å². The van der Waals surface area contributed by atoms with E-state index in [9.17, 15) is 19.2 Å². The molecule has 10 nitrogen and oxygen atoms in total. The normalized spacial score (nSPS) is 13.4. The molecule has 1 unspecified atom stereocenters. The standard InChI is InChI=1S/C28H27N3O7/c1-17(37-15-18-9-3-2-4-10-18)24(29-26(33)27(34)35)25(32)30-31-28(36)38-16-23-21-13-7-5-11-19(21)20-12-6-8-14-22(20)23/h2-14,17,23-24H,15-16H2,1H3,(H,29,33)(H,30,32)(H,31,36)(H,34,35)/t17?,24-/m1/s1. The molecule has 3 aromatic carbocycles. The highest BCUT2D eigenvalue weighted by atomic mass is 16.6. The van der Waals surface area contributed by atoms with E-state index in [-0.39, 0.29) is 19.1 Å². The third-order valence-electron chi connectivity index (χ3n) is 6.22. The zero-order valence-corrected chi connectivity index (χ0v) is 20.5. The average Bonchev–Trinajstić information content (AvgIpc) is 3.26. The Morgan fingerprint density at radius 3 is 2.03 bits per heavy atom. The Hall–Kier alpha value is -4.70. The molecule has 10 heteroatoms. The SMILES string of the molecule is CC(OCc1ccccc1)[C@@H](NC(=O)C(=O)O)C(=O)NNC(=O)OCC1c2ccccc2-c2ccccc21. The lowest BCUT2D eigenvalue weighted by atomic mass is 9.98. The molecule has 1 aliphatic rings. The van der Waals surface area contributed by atoms with Crippen molar-refractivity contribution < 1.29 is 33.8 Å². The van der Waals surface area contributed by atoms with Crippen LogP contribution in [0.1, 0.15) is 29.5 Å². The fraction of sp³-hybridized carbons (Fsp3) is 0.214. The van der Waals surface area contributed by atoms with Crippen molar-refractivity contribution >= 4 is 23.9 Å². The number of hydrogen-bond acceptors (Lipinski definition) is 6. The molecular formula is C28H27N3O7. The number of ether oxygens (including phenoxy) is 2. The predicted octanol–water partition coefficient (Wildman–Crippen LogP) is 2.73. The van der Waals surface area contributed by atoms with Crippen molar-refractivity contribution in [2.45, 2.75) is 31.6 Å². The van der Waals surface area contributed by atoms with Gasteiger partial charge in [-0.3, -0.25) is 15.0 Å². The molecule has 0 aliphatic heterocycles. The van der Waals surface area contributed by atoms with Crippen LogP contribution in [0, 0.1) is 0 Å². The lowest BCUT2D eigenvalue weighted by molar-refractivity contribution is -0.151. The largest absolute Gasteiger partial charge is 0.474 e. The first kappa shape index (κ1) is 26.4. The number of amides is 3. The number of rotatable bonds is 8. The van der Waals surface area contributed by atoms with Crippen molar-refractivity contribution in [1.82, 2.24) is 16.2 Å². The molecule has 3 amide bonds. The van der Waals surface area contributed by atoms with E-state index in [0.29, 0.717) is 0 Å². The molecule has 1 aliphatic carbocycles. The minimum Gasteiger partial charge on any atom is -0.474 e. The van der Waals surface area contributed by atoms with Crippen molar-refractivity contribution in [3.05, 3.63) is 95.6 Å². The van der Waals surface area contributed by atoms with E-state index in [1.807, 2.05) is 78.9 Å². The number of carboxylic acids is 1. The van der Waals surface area contributed by atoms with Gasteiger partial charge in [-0.05, 0) is 34.7 Å². The second-order valence-corrected chi connectivity index (χ2v) is 8.70. The Labute approximate surface area is 218 Å². The third kappa shape index (κ3) is 6.16. The van der Waals surface area contributed by atoms with E-state index in [0.717, 1.165) is 27.8 Å². The lowest BCUT2D eigenvalue weighted by Gasteiger charge is -2.24. The summed E-state index contributed by atoms with van der Waals surface area (Å²) >= 11 is 0. The highest BCUT2D eigenvalue weighted by molar-refractivity contribution is 6.32. The van der Waals surface area contributed by atoms with Gasteiger partial charge in [0.1, 0.15) is 12.6 Å². The van der Waals surface area contributed by atoms with Crippen molar-refractivity contribution in [3.63, 3.8) is 0 Å². The van der Waals surface area contributed by atoms with Crippen LogP contribution < -0.4 is 16.2 Å². The Bertz CT molecular complexity index is 1280. The smallest absolute Gasteiger partial charge is 0.426 e. The molecule has 0 radical (unpaired) electrons. The minimum atomic E-state index is -1.76. The first-order chi connectivity index (χ1) is 18.3. The molecule has 0 spiro atoms. The van der Waals surface area contributed by atoms with Gasteiger partial charge in [0.25, 0.3) is 5.91 Å². The van der Waals surface area contributed by atoms with Gasteiger partial charge < -0.3 is 19.9 Å². The number of benzene rings is 3. The highest BCUT2D eigenvalue weighted by Crippen LogP contribution is 2.44. The van der Waals surface area contributed by atoms with Gasteiger partial charge in [0.05, 0.1) is 12.7 Å². The van der Waals surface area contributed by atoms with Crippen LogP contribution in [0.3, 0.4) is 0 Å². The number of hydrazine groups is 1. The van der Waals surface area contributed by atoms with Crippen LogP contribution in [0.15, 0.2) is 78.9 Å². The molecule has 0 saturated heterocycles. The first-order valence-electron chi connectivity index (χ1n) is 11.9. The van der Waals surface area contributed by atoms with Crippen LogP contribution in [0.25, 0.3) is 11.1 Å². The number of aliphatic carboxylic acids is 1. The number of nitrogens with one attached hydrogen (secondary N) is 3. The third-order valence-corrected chi connectivity index (χ3v) is 6.22. The fourth-order valence-electron chi connectivity index (χ4n) is 4.32. The van der Waals surface area contributed by atoms with Crippen LogP contribution in [0.5, 0.6) is 0 Å². The number of fused-ring (bicyclic) bond motifs is 3. The number of carboxylic acid groups (broad SMARTS) is 1. The van der Waals surface area contributed by atoms with Gasteiger partial charge in [0, 0.05) is 5.92 Å². The van der Waals surface area contributed by atoms with Gasteiger partial charge in [-0.1, -0.05) is 78.9 Å². The van der Waals surface area contributed by atoms with Gasteiger partial charge in [0.15, 0.2) is 0 Å². The molecule has 2 atom stereocenters. The zero-order chi connectivity index (χ0) is 27.1. The maximum Gasteiger partial charge on any atom is 0.426 e. The topological polar surface area (TPSA) is 143 Å². The summed E-state index contributed by atoms with van der Waals surface area (Å²) in [6, 6.07) is 23.4. The molecule has 3 aromatic rings. The summed E-state index contributed by atoms with van der Waals surface area (Å²) in [6.07, 6.45) is -1.84. The second-order valence-electron chi connectivity index (χ2n) is 8.70. The molecule has 0 fully saturated rings. The number of hydrogen-bond donors (Lipinski definition) is 4. The molecule has 4 rings (SSSR count). The van der Waals surface area contributed by atoms with E-state index in [1.165, 1.54) is 6.92 Å². The monoisotopic (exact) mass is 517 g/mol. The van der Waals surface area contributed by atoms with Gasteiger partial charge in [-0.25, -0.2) is 15.0 Å². The van der Waals surface area contributed by atoms with E-state index in [4.69, 9.17) is 14.6 Å².